The lowest BCUT2D eigenvalue weighted by atomic mass is 10.1. The van der Waals surface area contributed by atoms with Crippen LogP contribution >= 0.6 is 0 Å². The first-order valence-electron chi connectivity index (χ1n) is 7.83. The Balaban J connectivity index is 1.98. The van der Waals surface area contributed by atoms with E-state index in [0.717, 1.165) is 29.9 Å². The normalized spacial score (nSPS) is 12.0. The summed E-state index contributed by atoms with van der Waals surface area (Å²) in [5.41, 5.74) is 4.42. The van der Waals surface area contributed by atoms with Crippen LogP contribution < -0.4 is 10.2 Å². The Bertz CT molecular complexity index is 602. The number of nitrogens with one attached hydrogen (secondary N) is 2. The minimum absolute atomic E-state index is 0.0742. The number of hydrogen-bond acceptors (Lipinski definition) is 1. The van der Waals surface area contributed by atoms with Crippen molar-refractivity contribution in [2.45, 2.75) is 27.3 Å². The third kappa shape index (κ3) is 4.43. The second-order valence-corrected chi connectivity index (χ2v) is 5.76. The molecule has 2 N–H and O–H groups in total. The lowest BCUT2D eigenvalue weighted by molar-refractivity contribution is -0.903. The van der Waals surface area contributed by atoms with E-state index in [1.165, 1.54) is 10.5 Å². The number of carbonyl (C=O) groups excluding carboxylic acids is 1. The molecular formula is C19H25N2O+. The predicted octanol–water partition coefficient (Wildman–Crippen LogP) is 2.35. The summed E-state index contributed by atoms with van der Waals surface area (Å²) in [5, 5.41) is 3.07. The van der Waals surface area contributed by atoms with Gasteiger partial charge in [0.1, 0.15) is 6.54 Å². The molecule has 2 rings (SSSR count). The van der Waals surface area contributed by atoms with E-state index in [2.05, 4.69) is 24.4 Å². The van der Waals surface area contributed by atoms with Crippen molar-refractivity contribution >= 4 is 11.6 Å². The van der Waals surface area contributed by atoms with Gasteiger partial charge in [-0.1, -0.05) is 48.5 Å². The highest BCUT2D eigenvalue weighted by Crippen LogP contribution is 2.18. The average Bonchev–Trinajstić information content (AvgIpc) is 2.51. The molecule has 0 aliphatic rings. The third-order valence-corrected chi connectivity index (χ3v) is 3.95. The number of para-hydroxylation sites is 1. The molecule has 0 saturated carbocycles. The summed E-state index contributed by atoms with van der Waals surface area (Å²) < 4.78 is 0. The van der Waals surface area contributed by atoms with E-state index in [9.17, 15) is 4.79 Å². The smallest absolute Gasteiger partial charge is 0.279 e. The van der Waals surface area contributed by atoms with Crippen LogP contribution in [-0.4, -0.2) is 19.0 Å². The van der Waals surface area contributed by atoms with Gasteiger partial charge in [0.05, 0.1) is 6.54 Å². The number of hydrogen-bond donors (Lipinski definition) is 2. The van der Waals surface area contributed by atoms with Crippen LogP contribution in [0, 0.1) is 13.8 Å². The van der Waals surface area contributed by atoms with Gasteiger partial charge < -0.3 is 10.2 Å². The summed E-state index contributed by atoms with van der Waals surface area (Å²) in [7, 11) is 0. The van der Waals surface area contributed by atoms with Crippen LogP contribution in [-0.2, 0) is 11.3 Å². The molecule has 0 aliphatic carbocycles. The largest absolute Gasteiger partial charge is 0.324 e. The molecule has 0 radical (unpaired) electrons. The number of quaternary nitrogens is 1. The van der Waals surface area contributed by atoms with Crippen LogP contribution in [0.25, 0.3) is 0 Å². The molecule has 22 heavy (non-hydrogen) atoms. The molecule has 1 unspecified atom stereocenters. The Hall–Kier alpha value is -2.13. The zero-order chi connectivity index (χ0) is 15.9. The molecule has 2 aromatic carbocycles. The van der Waals surface area contributed by atoms with Gasteiger partial charge in [0.15, 0.2) is 6.54 Å². The maximum Gasteiger partial charge on any atom is 0.279 e. The minimum atomic E-state index is 0.0742. The van der Waals surface area contributed by atoms with Gasteiger partial charge >= 0.3 is 0 Å². The summed E-state index contributed by atoms with van der Waals surface area (Å²) in [6, 6.07) is 16.4. The molecule has 0 spiro atoms. The Morgan fingerprint density at radius 1 is 1.00 bits per heavy atom. The molecule has 3 nitrogen and oxygen atoms in total. The van der Waals surface area contributed by atoms with Gasteiger partial charge in [-0.3, -0.25) is 4.79 Å². The summed E-state index contributed by atoms with van der Waals surface area (Å²) >= 11 is 0. The quantitative estimate of drug-likeness (QED) is 0.843. The second-order valence-electron chi connectivity index (χ2n) is 5.76. The Labute approximate surface area is 133 Å². The monoisotopic (exact) mass is 297 g/mol. The molecule has 1 amide bonds. The predicted molar refractivity (Wildman–Crippen MR) is 91.1 cm³/mol. The second kappa shape index (κ2) is 7.76. The van der Waals surface area contributed by atoms with Crippen molar-refractivity contribution < 1.29 is 9.69 Å². The summed E-state index contributed by atoms with van der Waals surface area (Å²) in [6.45, 7) is 8.45. The van der Waals surface area contributed by atoms with E-state index in [4.69, 9.17) is 0 Å². The van der Waals surface area contributed by atoms with Crippen molar-refractivity contribution in [3.05, 3.63) is 65.2 Å². The lowest BCUT2D eigenvalue weighted by Crippen LogP contribution is -3.11. The van der Waals surface area contributed by atoms with Crippen molar-refractivity contribution in [2.24, 2.45) is 0 Å². The molecule has 0 bridgehead atoms. The summed E-state index contributed by atoms with van der Waals surface area (Å²) in [5.74, 6) is 0.0742. The van der Waals surface area contributed by atoms with Crippen LogP contribution in [0.2, 0.25) is 0 Å². The molecule has 0 aliphatic heterocycles. The fraction of sp³-hybridized carbons (Fsp3) is 0.316. The fourth-order valence-electron chi connectivity index (χ4n) is 2.62. The number of anilines is 1. The van der Waals surface area contributed by atoms with Gasteiger partial charge in [0.25, 0.3) is 5.91 Å². The number of aryl methyl sites for hydroxylation is 2. The molecule has 3 heteroatoms. The van der Waals surface area contributed by atoms with Crippen molar-refractivity contribution in [3.8, 4) is 0 Å². The van der Waals surface area contributed by atoms with E-state index in [0.29, 0.717) is 6.54 Å². The topological polar surface area (TPSA) is 33.5 Å². The number of likely N-dealkylation sites (N-methyl/N-ethyl adjacent to an activating group) is 1. The standard InChI is InChI=1S/C19H24N2O/c1-4-21(13-17-11-6-5-7-12-17)14-18(22)20-19-15(2)9-8-10-16(19)3/h5-12H,4,13-14H2,1-3H3,(H,20,22)/p+1. The molecule has 1 atom stereocenters. The van der Waals surface area contributed by atoms with Gasteiger partial charge in [0, 0.05) is 11.3 Å². The summed E-state index contributed by atoms with van der Waals surface area (Å²) in [6.07, 6.45) is 0. The molecule has 0 fully saturated rings. The number of benzene rings is 2. The number of carbonyl (C=O) groups is 1. The number of amides is 1. The molecule has 116 valence electrons. The van der Waals surface area contributed by atoms with Crippen molar-refractivity contribution in [3.63, 3.8) is 0 Å². The van der Waals surface area contributed by atoms with Crippen molar-refractivity contribution in [1.29, 1.82) is 0 Å². The van der Waals surface area contributed by atoms with Gasteiger partial charge in [0.2, 0.25) is 0 Å². The van der Waals surface area contributed by atoms with Gasteiger partial charge in [-0.05, 0) is 31.9 Å². The third-order valence-electron chi connectivity index (χ3n) is 3.95. The first-order valence-corrected chi connectivity index (χ1v) is 7.83. The Morgan fingerprint density at radius 3 is 2.23 bits per heavy atom. The van der Waals surface area contributed by atoms with Crippen LogP contribution in [0.15, 0.2) is 48.5 Å². The van der Waals surface area contributed by atoms with Gasteiger partial charge in [-0.2, -0.15) is 0 Å². The van der Waals surface area contributed by atoms with E-state index in [-0.39, 0.29) is 5.91 Å². The molecule has 0 aromatic heterocycles. The van der Waals surface area contributed by atoms with E-state index >= 15 is 0 Å². The van der Waals surface area contributed by atoms with Crippen LogP contribution in [0.4, 0.5) is 5.69 Å². The van der Waals surface area contributed by atoms with E-state index < -0.39 is 0 Å². The molecule has 0 heterocycles. The van der Waals surface area contributed by atoms with Crippen molar-refractivity contribution in [2.75, 3.05) is 18.4 Å². The van der Waals surface area contributed by atoms with E-state index in [1.54, 1.807) is 0 Å². The minimum Gasteiger partial charge on any atom is -0.324 e. The first kappa shape index (κ1) is 16.2. The van der Waals surface area contributed by atoms with Gasteiger partial charge in [-0.25, -0.2) is 0 Å². The fourth-order valence-corrected chi connectivity index (χ4v) is 2.62. The Morgan fingerprint density at radius 2 is 1.64 bits per heavy atom. The van der Waals surface area contributed by atoms with Crippen LogP contribution in [0.1, 0.15) is 23.6 Å². The molecular weight excluding hydrogens is 272 g/mol. The first-order chi connectivity index (χ1) is 10.6. The SMILES string of the molecule is CC[NH+](CC(=O)Nc1c(C)cccc1C)Cc1ccccc1. The van der Waals surface area contributed by atoms with Gasteiger partial charge in [-0.15, -0.1) is 0 Å². The lowest BCUT2D eigenvalue weighted by Gasteiger charge is -2.18. The van der Waals surface area contributed by atoms with E-state index in [1.807, 2.05) is 50.2 Å². The number of rotatable bonds is 6. The van der Waals surface area contributed by atoms with Crippen LogP contribution in [0.3, 0.4) is 0 Å². The molecule has 2 aromatic rings. The van der Waals surface area contributed by atoms with Crippen LogP contribution in [0.5, 0.6) is 0 Å². The van der Waals surface area contributed by atoms with Crippen molar-refractivity contribution in [1.82, 2.24) is 0 Å². The molecule has 0 saturated heterocycles. The summed E-state index contributed by atoms with van der Waals surface area (Å²) in [4.78, 5) is 13.6. The highest BCUT2D eigenvalue weighted by atomic mass is 16.2. The zero-order valence-corrected chi connectivity index (χ0v) is 13.6. The zero-order valence-electron chi connectivity index (χ0n) is 13.6. The Kier molecular flexibility index (Phi) is 5.73. The highest BCUT2D eigenvalue weighted by molar-refractivity contribution is 5.93. The average molecular weight is 297 g/mol. The maximum atomic E-state index is 12.3. The maximum absolute atomic E-state index is 12.3. The highest BCUT2D eigenvalue weighted by Gasteiger charge is 2.14.